The maximum Gasteiger partial charge on any atom is 0.411 e. The quantitative estimate of drug-likeness (QED) is 0.150. The SMILES string of the molecule is CN=C(NCCCCCC(=O)OC)NCc1ccc(COCC(F)(F)F)cc1.I. The van der Waals surface area contributed by atoms with Crippen molar-refractivity contribution >= 4 is 35.9 Å². The Labute approximate surface area is 186 Å². The van der Waals surface area contributed by atoms with E-state index < -0.39 is 12.8 Å². The molecule has 0 saturated carbocycles. The van der Waals surface area contributed by atoms with Gasteiger partial charge in [-0.25, -0.2) is 0 Å². The fourth-order valence-electron chi connectivity index (χ4n) is 2.32. The highest BCUT2D eigenvalue weighted by Crippen LogP contribution is 2.15. The first-order valence-electron chi connectivity index (χ1n) is 9.07. The summed E-state index contributed by atoms with van der Waals surface area (Å²) in [6, 6.07) is 7.15. The Bertz CT molecular complexity index is 611. The second-order valence-corrected chi connectivity index (χ2v) is 6.16. The minimum atomic E-state index is -4.31. The monoisotopic (exact) mass is 531 g/mol. The molecule has 0 saturated heterocycles. The number of hydrogen-bond donors (Lipinski definition) is 2. The van der Waals surface area contributed by atoms with Gasteiger partial charge in [0.05, 0.1) is 13.7 Å². The van der Waals surface area contributed by atoms with E-state index >= 15 is 0 Å². The lowest BCUT2D eigenvalue weighted by Crippen LogP contribution is -2.37. The summed E-state index contributed by atoms with van der Waals surface area (Å²) in [5, 5.41) is 6.36. The maximum atomic E-state index is 12.1. The first kappa shape index (κ1) is 27.4. The number of guanidine groups is 1. The minimum absolute atomic E-state index is 0. The van der Waals surface area contributed by atoms with Crippen molar-refractivity contribution in [1.29, 1.82) is 0 Å². The number of nitrogens with zero attached hydrogens (tertiary/aromatic N) is 1. The Morgan fingerprint density at radius 3 is 2.31 bits per heavy atom. The van der Waals surface area contributed by atoms with Crippen LogP contribution in [0, 0.1) is 0 Å². The Balaban J connectivity index is 0.00000784. The van der Waals surface area contributed by atoms with E-state index in [-0.39, 0.29) is 36.6 Å². The summed E-state index contributed by atoms with van der Waals surface area (Å²) in [5.41, 5.74) is 1.66. The number of rotatable bonds is 11. The molecule has 1 aromatic rings. The number of nitrogens with one attached hydrogen (secondary N) is 2. The number of carbonyl (C=O) groups excluding carboxylic acids is 1. The van der Waals surface area contributed by atoms with Gasteiger partial charge < -0.3 is 20.1 Å². The summed E-state index contributed by atoms with van der Waals surface area (Å²) in [5.74, 6) is 0.467. The van der Waals surface area contributed by atoms with Crippen LogP contribution in [-0.2, 0) is 27.4 Å². The van der Waals surface area contributed by atoms with E-state index in [1.165, 1.54) is 7.11 Å². The number of esters is 1. The van der Waals surface area contributed by atoms with Gasteiger partial charge in [0.25, 0.3) is 0 Å². The molecule has 1 aromatic carbocycles. The molecule has 1 rings (SSSR count). The van der Waals surface area contributed by atoms with E-state index in [1.54, 1.807) is 19.2 Å². The maximum absolute atomic E-state index is 12.1. The summed E-state index contributed by atoms with van der Waals surface area (Å²) in [7, 11) is 3.06. The zero-order valence-corrected chi connectivity index (χ0v) is 19.0. The first-order valence-corrected chi connectivity index (χ1v) is 9.07. The Morgan fingerprint density at radius 2 is 1.72 bits per heavy atom. The average Bonchev–Trinajstić information content (AvgIpc) is 2.66. The smallest absolute Gasteiger partial charge is 0.411 e. The molecule has 0 aliphatic heterocycles. The summed E-state index contributed by atoms with van der Waals surface area (Å²) in [6.45, 7) is -0.0601. The lowest BCUT2D eigenvalue weighted by Gasteiger charge is -2.12. The molecule has 0 heterocycles. The van der Waals surface area contributed by atoms with Crippen LogP contribution in [-0.4, -0.2) is 45.4 Å². The van der Waals surface area contributed by atoms with Crippen molar-refractivity contribution in [3.63, 3.8) is 0 Å². The molecule has 0 unspecified atom stereocenters. The Morgan fingerprint density at radius 1 is 1.07 bits per heavy atom. The van der Waals surface area contributed by atoms with Crippen LogP contribution in [0.2, 0.25) is 0 Å². The summed E-state index contributed by atoms with van der Waals surface area (Å²) in [4.78, 5) is 15.1. The lowest BCUT2D eigenvalue weighted by molar-refractivity contribution is -0.176. The number of unbranched alkanes of at least 4 members (excludes halogenated alkanes) is 2. The number of carbonyl (C=O) groups is 1. The third-order valence-corrected chi connectivity index (χ3v) is 3.82. The van der Waals surface area contributed by atoms with Crippen molar-refractivity contribution in [3.05, 3.63) is 35.4 Å². The second kappa shape index (κ2) is 15.3. The van der Waals surface area contributed by atoms with Crippen LogP contribution in [0.15, 0.2) is 29.3 Å². The van der Waals surface area contributed by atoms with Crippen molar-refractivity contribution < 1.29 is 27.4 Å². The van der Waals surface area contributed by atoms with Gasteiger partial charge in [0.2, 0.25) is 0 Å². The van der Waals surface area contributed by atoms with Gasteiger partial charge in [-0.2, -0.15) is 13.2 Å². The predicted molar refractivity (Wildman–Crippen MR) is 116 cm³/mol. The van der Waals surface area contributed by atoms with E-state index in [0.29, 0.717) is 24.5 Å². The molecular formula is C19H29F3IN3O3. The number of alkyl halides is 3. The van der Waals surface area contributed by atoms with Gasteiger partial charge in [-0.05, 0) is 24.0 Å². The third kappa shape index (κ3) is 14.1. The van der Waals surface area contributed by atoms with Crippen molar-refractivity contribution in [2.24, 2.45) is 4.99 Å². The largest absolute Gasteiger partial charge is 0.469 e. The molecule has 0 amide bonds. The molecule has 0 aliphatic carbocycles. The number of methoxy groups -OCH3 is 1. The van der Waals surface area contributed by atoms with Crippen molar-refractivity contribution in [3.8, 4) is 0 Å². The molecule has 0 atom stereocenters. The number of hydrogen-bond acceptors (Lipinski definition) is 4. The van der Waals surface area contributed by atoms with Crippen molar-refractivity contribution in [2.75, 3.05) is 27.3 Å². The van der Waals surface area contributed by atoms with Crippen LogP contribution in [0.3, 0.4) is 0 Å². The lowest BCUT2D eigenvalue weighted by atomic mass is 10.1. The minimum Gasteiger partial charge on any atom is -0.469 e. The van der Waals surface area contributed by atoms with Gasteiger partial charge >= 0.3 is 12.1 Å². The fraction of sp³-hybridized carbons (Fsp3) is 0.579. The molecule has 0 fully saturated rings. The number of halogens is 4. The van der Waals surface area contributed by atoms with Gasteiger partial charge in [0, 0.05) is 26.6 Å². The van der Waals surface area contributed by atoms with Crippen LogP contribution in [0.1, 0.15) is 36.8 Å². The molecule has 0 spiro atoms. The number of aliphatic imine (C=N–C) groups is 1. The Kier molecular flexibility index (Phi) is 14.5. The molecule has 0 bridgehead atoms. The fourth-order valence-corrected chi connectivity index (χ4v) is 2.32. The van der Waals surface area contributed by atoms with E-state index in [9.17, 15) is 18.0 Å². The highest BCUT2D eigenvalue weighted by molar-refractivity contribution is 14.0. The zero-order valence-electron chi connectivity index (χ0n) is 16.7. The normalized spacial score (nSPS) is 11.6. The van der Waals surface area contributed by atoms with E-state index in [0.717, 1.165) is 31.4 Å². The van der Waals surface area contributed by atoms with Gasteiger partial charge in [-0.1, -0.05) is 30.7 Å². The molecule has 2 N–H and O–H groups in total. The Hall–Kier alpha value is -1.56. The van der Waals surface area contributed by atoms with Crippen LogP contribution in [0.5, 0.6) is 0 Å². The molecule has 0 aromatic heterocycles. The predicted octanol–water partition coefficient (Wildman–Crippen LogP) is 3.78. The molecular weight excluding hydrogens is 502 g/mol. The second-order valence-electron chi connectivity index (χ2n) is 6.16. The summed E-state index contributed by atoms with van der Waals surface area (Å²) >= 11 is 0. The van der Waals surface area contributed by atoms with Gasteiger partial charge in [-0.15, -0.1) is 24.0 Å². The van der Waals surface area contributed by atoms with Crippen molar-refractivity contribution in [1.82, 2.24) is 10.6 Å². The molecule has 0 radical (unpaired) electrons. The van der Waals surface area contributed by atoms with E-state index in [4.69, 9.17) is 0 Å². The van der Waals surface area contributed by atoms with Crippen molar-refractivity contribution in [2.45, 2.75) is 45.0 Å². The third-order valence-electron chi connectivity index (χ3n) is 3.82. The molecule has 10 heteroatoms. The highest BCUT2D eigenvalue weighted by atomic mass is 127. The summed E-state index contributed by atoms with van der Waals surface area (Å²) < 4.78 is 45.4. The van der Waals surface area contributed by atoms with Gasteiger partial charge in [0.1, 0.15) is 6.61 Å². The number of benzene rings is 1. The van der Waals surface area contributed by atoms with Crippen LogP contribution in [0.4, 0.5) is 13.2 Å². The standard InChI is InChI=1S/C19H28F3N3O3.HI/c1-23-18(24-11-5-3-4-6-17(26)27-2)25-12-15-7-9-16(10-8-15)13-28-14-19(20,21)22;/h7-10H,3-6,11-14H2,1-2H3,(H2,23,24,25);1H. The van der Waals surface area contributed by atoms with Crippen LogP contribution in [0.25, 0.3) is 0 Å². The average molecular weight is 531 g/mol. The van der Waals surface area contributed by atoms with Crippen LogP contribution < -0.4 is 10.6 Å². The topological polar surface area (TPSA) is 72.0 Å². The summed E-state index contributed by atoms with van der Waals surface area (Å²) in [6.07, 6.45) is -1.27. The molecule has 6 nitrogen and oxygen atoms in total. The van der Waals surface area contributed by atoms with Gasteiger partial charge in [-0.3, -0.25) is 9.79 Å². The van der Waals surface area contributed by atoms with Crippen LogP contribution >= 0.6 is 24.0 Å². The van der Waals surface area contributed by atoms with Gasteiger partial charge in [0.15, 0.2) is 5.96 Å². The zero-order chi connectivity index (χ0) is 20.8. The highest BCUT2D eigenvalue weighted by Gasteiger charge is 2.27. The molecule has 166 valence electrons. The molecule has 0 aliphatic rings. The number of ether oxygens (including phenoxy) is 2. The van der Waals surface area contributed by atoms with E-state index in [2.05, 4.69) is 25.1 Å². The molecule has 29 heavy (non-hydrogen) atoms. The van der Waals surface area contributed by atoms with E-state index in [1.807, 2.05) is 12.1 Å². The first-order chi connectivity index (χ1) is 13.3.